The summed E-state index contributed by atoms with van der Waals surface area (Å²) in [4.78, 5) is 8.21. The highest BCUT2D eigenvalue weighted by atomic mass is 35.5. The summed E-state index contributed by atoms with van der Waals surface area (Å²) in [5.74, 6) is 0.689. The first-order chi connectivity index (χ1) is 7.81. The Morgan fingerprint density at radius 1 is 1.38 bits per heavy atom. The third-order valence-corrected chi connectivity index (χ3v) is 3.26. The van der Waals surface area contributed by atoms with Gasteiger partial charge in [-0.15, -0.1) is 0 Å². The number of halogens is 1. The molecule has 0 bridgehead atoms. The number of aromatic nitrogens is 2. The van der Waals surface area contributed by atoms with Gasteiger partial charge in [0.15, 0.2) is 0 Å². The van der Waals surface area contributed by atoms with Crippen molar-refractivity contribution in [1.82, 2.24) is 9.97 Å². The zero-order valence-electron chi connectivity index (χ0n) is 9.58. The summed E-state index contributed by atoms with van der Waals surface area (Å²) in [6.07, 6.45) is 8.47. The minimum Gasteiger partial charge on any atom is -0.474 e. The van der Waals surface area contributed by atoms with Crippen LogP contribution in [0.15, 0.2) is 6.33 Å². The molecule has 2 rings (SSSR count). The topological polar surface area (TPSA) is 35.0 Å². The minimum absolute atomic E-state index is 0.321. The highest BCUT2D eigenvalue weighted by molar-refractivity contribution is 6.30. The maximum absolute atomic E-state index is 6.06. The molecule has 0 saturated heterocycles. The van der Waals surface area contributed by atoms with E-state index in [1.54, 1.807) is 0 Å². The van der Waals surface area contributed by atoms with E-state index in [2.05, 4.69) is 16.9 Å². The second-order valence-electron chi connectivity index (χ2n) is 4.22. The zero-order chi connectivity index (χ0) is 11.4. The summed E-state index contributed by atoms with van der Waals surface area (Å²) in [6, 6.07) is 0. The molecule has 16 heavy (non-hydrogen) atoms. The Balaban J connectivity index is 2.14. The van der Waals surface area contributed by atoms with Gasteiger partial charge in [-0.25, -0.2) is 9.97 Å². The summed E-state index contributed by atoms with van der Waals surface area (Å²) in [5.41, 5.74) is 0.957. The molecule has 0 N–H and O–H groups in total. The van der Waals surface area contributed by atoms with E-state index < -0.39 is 0 Å². The van der Waals surface area contributed by atoms with Gasteiger partial charge in [0.05, 0.1) is 5.56 Å². The number of hydrogen-bond donors (Lipinski definition) is 0. The van der Waals surface area contributed by atoms with Crippen LogP contribution in [-0.4, -0.2) is 16.1 Å². The highest BCUT2D eigenvalue weighted by Crippen LogP contribution is 2.28. The lowest BCUT2D eigenvalue weighted by Crippen LogP contribution is -2.13. The lowest BCUT2D eigenvalue weighted by atomic mass is 10.2. The smallest absolute Gasteiger partial charge is 0.221 e. The number of nitrogens with zero attached hydrogens (tertiary/aromatic N) is 2. The van der Waals surface area contributed by atoms with Gasteiger partial charge in [-0.05, 0) is 32.1 Å². The first-order valence-corrected chi connectivity index (χ1v) is 6.35. The molecule has 0 spiro atoms. The fraction of sp³-hybridized carbons (Fsp3) is 0.667. The van der Waals surface area contributed by atoms with E-state index in [4.69, 9.17) is 16.3 Å². The predicted molar refractivity (Wildman–Crippen MR) is 63.9 cm³/mol. The molecule has 0 atom stereocenters. The normalized spacial score (nSPS) is 16.6. The molecule has 1 aliphatic carbocycles. The molecule has 4 heteroatoms. The average Bonchev–Trinajstić information content (AvgIpc) is 2.76. The van der Waals surface area contributed by atoms with Crippen LogP contribution in [0.1, 0.15) is 44.6 Å². The van der Waals surface area contributed by atoms with Crippen molar-refractivity contribution in [2.75, 3.05) is 0 Å². The molecule has 88 valence electrons. The Bertz CT molecular complexity index is 351. The average molecular weight is 241 g/mol. The second kappa shape index (κ2) is 5.48. The van der Waals surface area contributed by atoms with E-state index in [9.17, 15) is 0 Å². The molecule has 0 amide bonds. The van der Waals surface area contributed by atoms with Gasteiger partial charge in [0, 0.05) is 0 Å². The maximum atomic E-state index is 6.06. The lowest BCUT2D eigenvalue weighted by Gasteiger charge is -2.15. The Kier molecular flexibility index (Phi) is 3.99. The number of ether oxygens (including phenoxy) is 1. The number of rotatable bonds is 4. The molecule has 1 fully saturated rings. The van der Waals surface area contributed by atoms with Crippen LogP contribution in [0.3, 0.4) is 0 Å². The van der Waals surface area contributed by atoms with Crippen LogP contribution < -0.4 is 4.74 Å². The van der Waals surface area contributed by atoms with Crippen molar-refractivity contribution in [2.24, 2.45) is 0 Å². The van der Waals surface area contributed by atoms with E-state index in [0.717, 1.165) is 31.2 Å². The summed E-state index contributed by atoms with van der Waals surface area (Å²) >= 11 is 6.06. The van der Waals surface area contributed by atoms with E-state index in [1.807, 2.05) is 0 Å². The first kappa shape index (κ1) is 11.6. The van der Waals surface area contributed by atoms with Crippen molar-refractivity contribution in [3.63, 3.8) is 0 Å². The van der Waals surface area contributed by atoms with E-state index >= 15 is 0 Å². The molecule has 0 aromatic carbocycles. The van der Waals surface area contributed by atoms with E-state index in [1.165, 1.54) is 19.2 Å². The molecule has 0 aliphatic heterocycles. The maximum Gasteiger partial charge on any atom is 0.221 e. The van der Waals surface area contributed by atoms with Gasteiger partial charge in [0.1, 0.15) is 17.6 Å². The Morgan fingerprint density at radius 3 is 2.81 bits per heavy atom. The molecule has 1 aromatic heterocycles. The standard InChI is InChI=1S/C12H17ClN2O/c1-2-5-10-11(13)14-8-15-12(10)16-9-6-3-4-7-9/h8-9H,2-7H2,1H3. The summed E-state index contributed by atoms with van der Waals surface area (Å²) in [5, 5.41) is 0.532. The molecule has 1 heterocycles. The summed E-state index contributed by atoms with van der Waals surface area (Å²) in [7, 11) is 0. The molecule has 1 saturated carbocycles. The third-order valence-electron chi connectivity index (χ3n) is 2.93. The number of hydrogen-bond acceptors (Lipinski definition) is 3. The molecule has 3 nitrogen and oxygen atoms in total. The van der Waals surface area contributed by atoms with Crippen molar-refractivity contribution in [3.8, 4) is 5.88 Å². The van der Waals surface area contributed by atoms with E-state index in [0.29, 0.717) is 17.1 Å². The van der Waals surface area contributed by atoms with Crippen LogP contribution in [0.2, 0.25) is 5.15 Å². The van der Waals surface area contributed by atoms with E-state index in [-0.39, 0.29) is 0 Å². The Hall–Kier alpha value is -0.830. The van der Waals surface area contributed by atoms with Crippen LogP contribution in [0.25, 0.3) is 0 Å². The largest absolute Gasteiger partial charge is 0.474 e. The van der Waals surface area contributed by atoms with Crippen LogP contribution in [-0.2, 0) is 6.42 Å². The van der Waals surface area contributed by atoms with Gasteiger partial charge in [-0.1, -0.05) is 24.9 Å². The van der Waals surface area contributed by atoms with Crippen molar-refractivity contribution in [2.45, 2.75) is 51.6 Å². The van der Waals surface area contributed by atoms with Gasteiger partial charge in [0.25, 0.3) is 0 Å². The van der Waals surface area contributed by atoms with Gasteiger partial charge in [-0.2, -0.15) is 0 Å². The summed E-state index contributed by atoms with van der Waals surface area (Å²) < 4.78 is 5.90. The van der Waals surface area contributed by atoms with Crippen molar-refractivity contribution in [3.05, 3.63) is 17.0 Å². The SMILES string of the molecule is CCCc1c(Cl)ncnc1OC1CCCC1. The van der Waals surface area contributed by atoms with Crippen LogP contribution in [0.5, 0.6) is 5.88 Å². The zero-order valence-corrected chi connectivity index (χ0v) is 10.3. The Labute approximate surface area is 101 Å². The second-order valence-corrected chi connectivity index (χ2v) is 4.58. The third kappa shape index (κ3) is 2.64. The molecule has 1 aromatic rings. The minimum atomic E-state index is 0.321. The van der Waals surface area contributed by atoms with Crippen LogP contribution in [0.4, 0.5) is 0 Å². The Morgan fingerprint density at radius 2 is 2.12 bits per heavy atom. The molecule has 0 radical (unpaired) electrons. The molecule has 1 aliphatic rings. The quantitative estimate of drug-likeness (QED) is 0.757. The highest BCUT2D eigenvalue weighted by Gasteiger charge is 2.19. The van der Waals surface area contributed by atoms with Crippen molar-refractivity contribution < 1.29 is 4.74 Å². The van der Waals surface area contributed by atoms with Crippen LogP contribution in [0, 0.1) is 0 Å². The fourth-order valence-corrected chi connectivity index (χ4v) is 2.32. The molecular weight excluding hydrogens is 224 g/mol. The van der Waals surface area contributed by atoms with Gasteiger partial charge >= 0.3 is 0 Å². The molecular formula is C12H17ClN2O. The summed E-state index contributed by atoms with van der Waals surface area (Å²) in [6.45, 7) is 2.11. The lowest BCUT2D eigenvalue weighted by molar-refractivity contribution is 0.198. The molecule has 0 unspecified atom stereocenters. The van der Waals surface area contributed by atoms with Gasteiger partial charge < -0.3 is 4.74 Å². The van der Waals surface area contributed by atoms with Crippen molar-refractivity contribution >= 4 is 11.6 Å². The monoisotopic (exact) mass is 240 g/mol. The first-order valence-electron chi connectivity index (χ1n) is 5.97. The predicted octanol–water partition coefficient (Wildman–Crippen LogP) is 3.40. The van der Waals surface area contributed by atoms with Crippen molar-refractivity contribution in [1.29, 1.82) is 0 Å². The fourth-order valence-electron chi connectivity index (χ4n) is 2.10. The van der Waals surface area contributed by atoms with Crippen LogP contribution >= 0.6 is 11.6 Å². The van der Waals surface area contributed by atoms with Gasteiger partial charge in [0.2, 0.25) is 5.88 Å². The van der Waals surface area contributed by atoms with Gasteiger partial charge in [-0.3, -0.25) is 0 Å².